The zero-order valence-electron chi connectivity index (χ0n) is 17.9. The molecule has 0 atom stereocenters. The number of nitrogens with one attached hydrogen (secondary N) is 1. The van der Waals surface area contributed by atoms with Gasteiger partial charge in [-0.3, -0.25) is 10.2 Å². The second-order valence-electron chi connectivity index (χ2n) is 7.76. The minimum absolute atomic E-state index is 0.0758. The van der Waals surface area contributed by atoms with E-state index in [1.807, 2.05) is 26.8 Å². The maximum Gasteiger partial charge on any atom is 0.283 e. The van der Waals surface area contributed by atoms with E-state index in [-0.39, 0.29) is 17.3 Å². The van der Waals surface area contributed by atoms with Crippen molar-refractivity contribution in [2.24, 2.45) is 16.0 Å². The summed E-state index contributed by atoms with van der Waals surface area (Å²) in [5.74, 6) is -0.0965. The van der Waals surface area contributed by atoms with Crippen LogP contribution in [0.2, 0.25) is 0 Å². The molecule has 0 spiro atoms. The van der Waals surface area contributed by atoms with Crippen molar-refractivity contribution in [3.8, 4) is 5.69 Å². The van der Waals surface area contributed by atoms with Crippen LogP contribution in [-0.4, -0.2) is 31.5 Å². The second-order valence-corrected chi connectivity index (χ2v) is 8.74. The molecular weight excluding hydrogens is 394 g/mol. The normalized spacial score (nSPS) is 17.7. The topological polar surface area (TPSA) is 73.8 Å². The average molecular weight is 420 g/mol. The predicted molar refractivity (Wildman–Crippen MR) is 124 cm³/mol. The van der Waals surface area contributed by atoms with Crippen LogP contribution in [0.15, 0.2) is 46.0 Å². The van der Waals surface area contributed by atoms with Crippen molar-refractivity contribution in [3.05, 3.63) is 58.4 Å². The van der Waals surface area contributed by atoms with Crippen molar-refractivity contribution < 1.29 is 4.79 Å². The number of aryl methyl sites for hydroxylation is 2. The fourth-order valence-corrected chi connectivity index (χ4v) is 4.62. The van der Waals surface area contributed by atoms with E-state index in [1.165, 1.54) is 22.3 Å². The summed E-state index contributed by atoms with van der Waals surface area (Å²) >= 11 is 1.36. The number of amides is 1. The van der Waals surface area contributed by atoms with Gasteiger partial charge < -0.3 is 4.57 Å². The lowest BCUT2D eigenvalue weighted by Crippen LogP contribution is -2.35. The number of fused-ring (bicyclic) bond motifs is 1. The summed E-state index contributed by atoms with van der Waals surface area (Å²) in [4.78, 5) is 16.9. The van der Waals surface area contributed by atoms with Crippen LogP contribution in [0.25, 0.3) is 11.8 Å². The van der Waals surface area contributed by atoms with Gasteiger partial charge in [0, 0.05) is 23.0 Å². The highest BCUT2D eigenvalue weighted by Crippen LogP contribution is 2.32. The molecule has 0 fully saturated rings. The maximum atomic E-state index is 12.7. The molecule has 2 aliphatic rings. The van der Waals surface area contributed by atoms with Crippen molar-refractivity contribution in [1.82, 2.24) is 9.58 Å². The average Bonchev–Trinajstić information content (AvgIpc) is 3.26. The quantitative estimate of drug-likeness (QED) is 0.714. The van der Waals surface area contributed by atoms with Gasteiger partial charge in [0.15, 0.2) is 5.84 Å². The first-order chi connectivity index (χ1) is 14.3. The fraction of sp³-hybridized carbons (Fsp3) is 0.304. The number of benzene rings is 1. The van der Waals surface area contributed by atoms with Crippen molar-refractivity contribution in [2.45, 2.75) is 41.0 Å². The molecule has 30 heavy (non-hydrogen) atoms. The molecule has 0 saturated carbocycles. The van der Waals surface area contributed by atoms with Crippen LogP contribution in [0.3, 0.4) is 0 Å². The summed E-state index contributed by atoms with van der Waals surface area (Å²) in [6.07, 6.45) is 2.71. The highest BCUT2D eigenvalue weighted by Gasteiger charge is 2.36. The van der Waals surface area contributed by atoms with Crippen molar-refractivity contribution in [3.63, 3.8) is 0 Å². The number of rotatable bonds is 4. The Balaban J connectivity index is 1.76. The first-order valence-electron chi connectivity index (χ1n) is 10.1. The molecule has 4 rings (SSSR count). The van der Waals surface area contributed by atoms with Gasteiger partial charge in [0.25, 0.3) is 5.91 Å². The Hall–Kier alpha value is -2.93. The standard InChI is InChI=1S/C23H25N5OS/c1-6-16-9-7-8-10-19(16)27-14(4)11-17(15(27)5)12-18-20(24)28-23(25-21(18)29)30-22(26-28)13(2)3/h7-13,24H,6H2,1-5H3/b18-12-,24-20?. The van der Waals surface area contributed by atoms with Gasteiger partial charge in [0.05, 0.1) is 5.57 Å². The van der Waals surface area contributed by atoms with Gasteiger partial charge in [-0.15, -0.1) is 0 Å². The van der Waals surface area contributed by atoms with Crippen LogP contribution in [0, 0.1) is 25.2 Å². The first kappa shape index (κ1) is 20.3. The number of para-hydroxylation sites is 1. The SMILES string of the molecule is CCc1ccccc1-n1c(C)cc(/C=C2/C(=N)N3N=C(C(C)C)SC3=NC2=O)c1C. The van der Waals surface area contributed by atoms with E-state index in [4.69, 9.17) is 5.41 Å². The maximum absolute atomic E-state index is 12.7. The van der Waals surface area contributed by atoms with Crippen LogP contribution in [0.4, 0.5) is 0 Å². The van der Waals surface area contributed by atoms with Crippen LogP contribution in [0.1, 0.15) is 43.3 Å². The molecule has 0 saturated heterocycles. The van der Waals surface area contributed by atoms with Gasteiger partial charge in [0.2, 0.25) is 5.17 Å². The number of thioether (sulfide) groups is 1. The van der Waals surface area contributed by atoms with E-state index in [9.17, 15) is 4.79 Å². The number of hydrogen-bond acceptors (Lipinski definition) is 4. The fourth-order valence-electron chi connectivity index (χ4n) is 3.73. The highest BCUT2D eigenvalue weighted by atomic mass is 32.2. The summed E-state index contributed by atoms with van der Waals surface area (Å²) in [6.45, 7) is 10.3. The van der Waals surface area contributed by atoms with E-state index >= 15 is 0 Å². The molecule has 7 heteroatoms. The Morgan fingerprint density at radius 3 is 2.67 bits per heavy atom. The molecule has 0 unspecified atom stereocenters. The molecule has 0 bridgehead atoms. The smallest absolute Gasteiger partial charge is 0.283 e. The van der Waals surface area contributed by atoms with Gasteiger partial charge in [0.1, 0.15) is 5.04 Å². The summed E-state index contributed by atoms with van der Waals surface area (Å²) in [5.41, 5.74) is 5.68. The number of carbonyl (C=O) groups excluding carboxylic acids is 1. The molecule has 2 aromatic rings. The van der Waals surface area contributed by atoms with Crippen LogP contribution >= 0.6 is 11.8 Å². The molecule has 2 aliphatic heterocycles. The highest BCUT2D eigenvalue weighted by molar-refractivity contribution is 8.27. The molecule has 1 N–H and O–H groups in total. The van der Waals surface area contributed by atoms with E-state index in [0.29, 0.717) is 5.17 Å². The molecule has 154 valence electrons. The third-order valence-corrected chi connectivity index (χ3v) is 6.56. The Bertz CT molecular complexity index is 1150. The van der Waals surface area contributed by atoms with Crippen LogP contribution in [-0.2, 0) is 11.2 Å². The van der Waals surface area contributed by atoms with Crippen molar-refractivity contribution in [2.75, 3.05) is 0 Å². The van der Waals surface area contributed by atoms with Crippen LogP contribution < -0.4 is 0 Å². The molecule has 1 aromatic carbocycles. The number of aliphatic imine (C=N–C) groups is 1. The van der Waals surface area contributed by atoms with Gasteiger partial charge in [-0.2, -0.15) is 15.1 Å². The number of nitrogens with zero attached hydrogens (tertiary/aromatic N) is 4. The van der Waals surface area contributed by atoms with E-state index in [1.54, 1.807) is 6.08 Å². The predicted octanol–water partition coefficient (Wildman–Crippen LogP) is 4.93. The lowest BCUT2D eigenvalue weighted by Gasteiger charge is -2.20. The summed E-state index contributed by atoms with van der Waals surface area (Å²) in [5, 5.41) is 15.9. The van der Waals surface area contributed by atoms with Gasteiger partial charge in [-0.05, 0) is 61.4 Å². The third-order valence-electron chi connectivity index (χ3n) is 5.35. The Kier molecular flexibility index (Phi) is 5.24. The number of carbonyl (C=O) groups is 1. The lowest BCUT2D eigenvalue weighted by atomic mass is 10.1. The number of amidine groups is 2. The first-order valence-corrected chi connectivity index (χ1v) is 10.9. The number of aromatic nitrogens is 1. The Labute approximate surface area is 180 Å². The number of hydrazone groups is 1. The minimum Gasteiger partial charge on any atom is -0.318 e. The van der Waals surface area contributed by atoms with Crippen LogP contribution in [0.5, 0.6) is 0 Å². The Morgan fingerprint density at radius 1 is 1.23 bits per heavy atom. The third kappa shape index (κ3) is 3.33. The minimum atomic E-state index is -0.391. The summed E-state index contributed by atoms with van der Waals surface area (Å²) in [7, 11) is 0. The lowest BCUT2D eigenvalue weighted by molar-refractivity contribution is -0.114. The molecule has 3 heterocycles. The van der Waals surface area contributed by atoms with Gasteiger partial charge in [-0.25, -0.2) is 0 Å². The van der Waals surface area contributed by atoms with Crippen molar-refractivity contribution >= 4 is 39.8 Å². The molecule has 0 radical (unpaired) electrons. The monoisotopic (exact) mass is 419 g/mol. The van der Waals surface area contributed by atoms with Crippen molar-refractivity contribution in [1.29, 1.82) is 5.41 Å². The zero-order chi connectivity index (χ0) is 21.6. The molecular formula is C23H25N5OS. The molecule has 0 aliphatic carbocycles. The molecule has 1 amide bonds. The van der Waals surface area contributed by atoms with E-state index in [2.05, 4.69) is 52.8 Å². The summed E-state index contributed by atoms with van der Waals surface area (Å²) < 4.78 is 2.21. The van der Waals surface area contributed by atoms with E-state index in [0.717, 1.165) is 34.1 Å². The Morgan fingerprint density at radius 2 is 1.97 bits per heavy atom. The molecule has 1 aromatic heterocycles. The van der Waals surface area contributed by atoms with Gasteiger partial charge in [-0.1, -0.05) is 39.0 Å². The zero-order valence-corrected chi connectivity index (χ0v) is 18.7. The largest absolute Gasteiger partial charge is 0.318 e. The second kappa shape index (κ2) is 7.72. The summed E-state index contributed by atoms with van der Waals surface area (Å²) in [6, 6.07) is 10.4. The number of hydrogen-bond donors (Lipinski definition) is 1. The van der Waals surface area contributed by atoms with E-state index < -0.39 is 5.91 Å². The van der Waals surface area contributed by atoms with Gasteiger partial charge >= 0.3 is 0 Å². The molecule has 6 nitrogen and oxygen atoms in total.